The van der Waals surface area contributed by atoms with E-state index in [1.165, 1.54) is 6.92 Å². The van der Waals surface area contributed by atoms with Gasteiger partial charge in [0.05, 0.1) is 13.7 Å². The molecule has 0 saturated heterocycles. The zero-order valence-corrected chi connectivity index (χ0v) is 13.8. The van der Waals surface area contributed by atoms with Gasteiger partial charge in [-0.3, -0.25) is 4.79 Å². The summed E-state index contributed by atoms with van der Waals surface area (Å²) < 4.78 is 10.2. The summed E-state index contributed by atoms with van der Waals surface area (Å²) in [6, 6.07) is 9.67. The summed E-state index contributed by atoms with van der Waals surface area (Å²) in [6.07, 6.45) is 3.64. The maximum absolute atomic E-state index is 11.9. The molecule has 5 nitrogen and oxygen atoms in total. The quantitative estimate of drug-likeness (QED) is 0.327. The molecule has 0 bridgehead atoms. The molecule has 5 heteroatoms. The maximum Gasteiger partial charge on any atom is 0.346 e. The molecule has 1 aromatic rings. The van der Waals surface area contributed by atoms with Gasteiger partial charge in [0, 0.05) is 12.5 Å². The van der Waals surface area contributed by atoms with Gasteiger partial charge < -0.3 is 14.6 Å². The highest BCUT2D eigenvalue weighted by molar-refractivity contribution is 6.06. The van der Waals surface area contributed by atoms with Crippen LogP contribution in [0.25, 0.3) is 0 Å². The van der Waals surface area contributed by atoms with Crippen molar-refractivity contribution in [2.75, 3.05) is 13.7 Å². The third-order valence-electron chi connectivity index (χ3n) is 3.68. The van der Waals surface area contributed by atoms with Crippen LogP contribution in [0.3, 0.4) is 0 Å². The van der Waals surface area contributed by atoms with Crippen molar-refractivity contribution in [2.45, 2.75) is 32.5 Å². The predicted octanol–water partition coefficient (Wildman–Crippen LogP) is 2.28. The van der Waals surface area contributed by atoms with Gasteiger partial charge in [-0.05, 0) is 25.8 Å². The summed E-state index contributed by atoms with van der Waals surface area (Å²) in [7, 11) is 1.15. The zero-order chi connectivity index (χ0) is 17.3. The highest BCUT2D eigenvalue weighted by atomic mass is 16.5. The largest absolute Gasteiger partial charge is 0.467 e. The number of esters is 1. The van der Waals surface area contributed by atoms with E-state index < -0.39 is 23.3 Å². The molecule has 1 rings (SSSR count). The summed E-state index contributed by atoms with van der Waals surface area (Å²) in [6.45, 7) is 3.67. The van der Waals surface area contributed by atoms with Gasteiger partial charge in [-0.25, -0.2) is 4.79 Å². The van der Waals surface area contributed by atoms with Crippen molar-refractivity contribution in [2.24, 2.45) is 5.92 Å². The van der Waals surface area contributed by atoms with Gasteiger partial charge in [0.15, 0.2) is 5.78 Å². The second-order valence-electron chi connectivity index (χ2n) is 5.27. The number of hydrogen-bond donors (Lipinski definition) is 1. The Morgan fingerprint density at radius 1 is 1.30 bits per heavy atom. The molecule has 0 saturated carbocycles. The molecule has 126 valence electrons. The first-order valence-electron chi connectivity index (χ1n) is 7.53. The van der Waals surface area contributed by atoms with Crippen LogP contribution in [0, 0.1) is 5.92 Å². The number of allylic oxidation sites excluding steroid dienone is 1. The number of aliphatic hydroxyl groups is 1. The topological polar surface area (TPSA) is 72.8 Å². The number of Topliss-reactive ketones (excluding diaryl/α,β-unsaturated/α-hetero) is 1. The first-order valence-corrected chi connectivity index (χ1v) is 7.53. The average molecular weight is 320 g/mol. The fourth-order valence-corrected chi connectivity index (χ4v) is 2.36. The Balaban J connectivity index is 2.70. The molecule has 0 radical (unpaired) electrons. The summed E-state index contributed by atoms with van der Waals surface area (Å²) >= 11 is 0. The first-order chi connectivity index (χ1) is 11.0. The number of methoxy groups -OCH3 is 1. The van der Waals surface area contributed by atoms with Gasteiger partial charge in [-0.2, -0.15) is 0 Å². The van der Waals surface area contributed by atoms with E-state index in [4.69, 9.17) is 4.74 Å². The lowest BCUT2D eigenvalue weighted by atomic mass is 9.81. The van der Waals surface area contributed by atoms with Crippen molar-refractivity contribution >= 4 is 11.8 Å². The van der Waals surface area contributed by atoms with Crippen molar-refractivity contribution in [1.82, 2.24) is 0 Å². The van der Waals surface area contributed by atoms with Gasteiger partial charge in [0.1, 0.15) is 0 Å². The molecule has 0 aliphatic rings. The van der Waals surface area contributed by atoms with Crippen LogP contribution in [0.1, 0.15) is 25.8 Å². The lowest BCUT2D eigenvalue weighted by molar-refractivity contribution is -0.172. The molecule has 0 aromatic heterocycles. The van der Waals surface area contributed by atoms with Gasteiger partial charge >= 0.3 is 5.97 Å². The highest BCUT2D eigenvalue weighted by Gasteiger charge is 2.48. The van der Waals surface area contributed by atoms with Gasteiger partial charge in [-0.15, -0.1) is 0 Å². The first kappa shape index (κ1) is 19.1. The standard InChI is InChI=1S/C18H24O5/c1-4-8-16(18(21,14(2)19)17(20)22-3)11-12-23-13-15-9-6-5-7-10-15/h4-10,16,21H,11-13H2,1-3H3/b8-4+/t16-,18+/m1/s1. The average Bonchev–Trinajstić information content (AvgIpc) is 2.56. The molecule has 1 aromatic carbocycles. The third-order valence-corrected chi connectivity index (χ3v) is 3.68. The molecule has 0 spiro atoms. The minimum absolute atomic E-state index is 0.302. The van der Waals surface area contributed by atoms with E-state index in [1.54, 1.807) is 19.1 Å². The van der Waals surface area contributed by atoms with E-state index in [1.807, 2.05) is 30.3 Å². The van der Waals surface area contributed by atoms with Crippen LogP contribution in [-0.4, -0.2) is 36.2 Å². The number of rotatable bonds is 9. The van der Waals surface area contributed by atoms with E-state index in [9.17, 15) is 14.7 Å². The molecule has 0 fully saturated rings. The van der Waals surface area contributed by atoms with E-state index >= 15 is 0 Å². The summed E-state index contributed by atoms with van der Waals surface area (Å²) in [5.41, 5.74) is -1.15. The van der Waals surface area contributed by atoms with Crippen LogP contribution in [-0.2, 0) is 25.7 Å². The fourth-order valence-electron chi connectivity index (χ4n) is 2.36. The normalized spacial score (nSPS) is 15.1. The van der Waals surface area contributed by atoms with Crippen LogP contribution in [0.2, 0.25) is 0 Å². The summed E-state index contributed by atoms with van der Waals surface area (Å²) in [4.78, 5) is 23.7. The van der Waals surface area contributed by atoms with Crippen molar-refractivity contribution in [3.8, 4) is 0 Å². The molecule has 0 amide bonds. The molecular weight excluding hydrogens is 296 g/mol. The fraction of sp³-hybridized carbons (Fsp3) is 0.444. The van der Waals surface area contributed by atoms with Crippen molar-refractivity contribution in [1.29, 1.82) is 0 Å². The Morgan fingerprint density at radius 2 is 1.96 bits per heavy atom. The van der Waals surface area contributed by atoms with Crippen LogP contribution in [0.15, 0.2) is 42.5 Å². The van der Waals surface area contributed by atoms with Crippen molar-refractivity contribution in [3.63, 3.8) is 0 Å². The van der Waals surface area contributed by atoms with Crippen molar-refractivity contribution in [3.05, 3.63) is 48.0 Å². The van der Waals surface area contributed by atoms with Crippen LogP contribution in [0.5, 0.6) is 0 Å². The Kier molecular flexibility index (Phi) is 7.65. The Morgan fingerprint density at radius 3 is 2.48 bits per heavy atom. The van der Waals surface area contributed by atoms with Crippen LogP contribution < -0.4 is 0 Å². The van der Waals surface area contributed by atoms with Crippen LogP contribution in [0.4, 0.5) is 0 Å². The molecular formula is C18H24O5. The minimum Gasteiger partial charge on any atom is -0.467 e. The Hall–Kier alpha value is -1.98. The number of benzene rings is 1. The maximum atomic E-state index is 11.9. The predicted molar refractivity (Wildman–Crippen MR) is 86.7 cm³/mol. The van der Waals surface area contributed by atoms with E-state index in [0.717, 1.165) is 12.7 Å². The molecule has 23 heavy (non-hydrogen) atoms. The minimum atomic E-state index is -2.18. The summed E-state index contributed by atoms with van der Waals surface area (Å²) in [5, 5.41) is 10.5. The van der Waals surface area contributed by atoms with Gasteiger partial charge in [0.25, 0.3) is 0 Å². The number of carbonyl (C=O) groups is 2. The molecule has 0 aliphatic carbocycles. The van der Waals surface area contributed by atoms with E-state index in [0.29, 0.717) is 19.6 Å². The highest BCUT2D eigenvalue weighted by Crippen LogP contribution is 2.26. The second-order valence-corrected chi connectivity index (χ2v) is 5.27. The number of ketones is 1. The smallest absolute Gasteiger partial charge is 0.346 e. The van der Waals surface area contributed by atoms with E-state index in [2.05, 4.69) is 4.74 Å². The zero-order valence-electron chi connectivity index (χ0n) is 13.8. The number of carbonyl (C=O) groups excluding carboxylic acids is 2. The Bertz CT molecular complexity index is 538. The SMILES string of the molecule is C/C=C/[C@H](CCOCc1ccccc1)[C@@](O)(C(C)=O)C(=O)OC. The molecule has 0 unspecified atom stereocenters. The summed E-state index contributed by atoms with van der Waals surface area (Å²) in [5.74, 6) is -2.29. The lowest BCUT2D eigenvalue weighted by Crippen LogP contribution is -2.52. The monoisotopic (exact) mass is 320 g/mol. The number of hydrogen-bond acceptors (Lipinski definition) is 5. The Labute approximate surface area is 136 Å². The molecule has 0 aliphatic heterocycles. The second kappa shape index (κ2) is 9.22. The molecule has 2 atom stereocenters. The lowest BCUT2D eigenvalue weighted by Gasteiger charge is -2.29. The number of ether oxygens (including phenoxy) is 2. The van der Waals surface area contributed by atoms with Crippen molar-refractivity contribution < 1.29 is 24.2 Å². The van der Waals surface area contributed by atoms with Gasteiger partial charge in [-0.1, -0.05) is 42.5 Å². The van der Waals surface area contributed by atoms with Gasteiger partial charge in [0.2, 0.25) is 5.60 Å². The molecule has 0 heterocycles. The van der Waals surface area contributed by atoms with E-state index in [-0.39, 0.29) is 0 Å². The third kappa shape index (κ3) is 5.01. The van der Waals surface area contributed by atoms with Crippen LogP contribution >= 0.6 is 0 Å². The molecule has 1 N–H and O–H groups in total.